The fraction of sp³-hybridized carbons (Fsp3) is 0.263. The van der Waals surface area contributed by atoms with Gasteiger partial charge in [0.2, 0.25) is 0 Å². The normalized spacial score (nSPS) is 10.7. The Labute approximate surface area is 142 Å². The van der Waals surface area contributed by atoms with E-state index in [0.29, 0.717) is 17.0 Å². The molecule has 4 heteroatoms. The maximum Gasteiger partial charge on any atom is 0.0995 e. The molecule has 0 aromatic heterocycles. The molecule has 0 aliphatic heterocycles. The minimum atomic E-state index is 0.655. The molecular weight excluding hydrogens is 306 g/mol. The molecule has 118 valence electrons. The third kappa shape index (κ3) is 4.58. The Balaban J connectivity index is 2.33. The van der Waals surface area contributed by atoms with E-state index < -0.39 is 0 Å². The molecule has 0 aliphatic carbocycles. The number of rotatable bonds is 5. The summed E-state index contributed by atoms with van der Waals surface area (Å²) in [6, 6.07) is 13.9. The average molecular weight is 326 g/mol. The highest BCUT2D eigenvalue weighted by atomic mass is 35.5. The van der Waals surface area contributed by atoms with Crippen molar-refractivity contribution in [3.63, 3.8) is 0 Å². The van der Waals surface area contributed by atoms with Crippen molar-refractivity contribution in [3.8, 4) is 6.07 Å². The topological polar surface area (TPSA) is 39.4 Å². The number of halogens is 1. The van der Waals surface area contributed by atoms with Crippen molar-refractivity contribution in [2.45, 2.75) is 20.3 Å². The molecular formula is C19H20ClN3. The quantitative estimate of drug-likeness (QED) is 0.589. The molecule has 0 unspecified atom stereocenters. The highest BCUT2D eigenvalue weighted by Gasteiger charge is 2.08. The lowest BCUT2D eigenvalue weighted by atomic mass is 9.97. The van der Waals surface area contributed by atoms with Gasteiger partial charge in [0.15, 0.2) is 0 Å². The van der Waals surface area contributed by atoms with Crippen LogP contribution in [0.4, 0.5) is 5.69 Å². The molecule has 0 radical (unpaired) electrons. The SMILES string of the molecule is CCN(C)C=Nc1cc(C#N)c(Cc2cccc(Cl)c2)cc1C. The molecule has 2 rings (SSSR count). The Bertz CT molecular complexity index is 760. The van der Waals surface area contributed by atoms with Crippen LogP contribution in [0, 0.1) is 18.3 Å². The summed E-state index contributed by atoms with van der Waals surface area (Å²) in [6.07, 6.45) is 2.48. The lowest BCUT2D eigenvalue weighted by Gasteiger charge is -2.11. The molecule has 0 N–H and O–H groups in total. The first-order valence-corrected chi connectivity index (χ1v) is 7.93. The first kappa shape index (κ1) is 17.1. The largest absolute Gasteiger partial charge is 0.366 e. The number of hydrogen-bond acceptors (Lipinski definition) is 2. The summed E-state index contributed by atoms with van der Waals surface area (Å²) in [4.78, 5) is 6.47. The molecule has 0 atom stereocenters. The van der Waals surface area contributed by atoms with Crippen LogP contribution >= 0.6 is 11.6 Å². The Morgan fingerprint density at radius 3 is 2.74 bits per heavy atom. The van der Waals surface area contributed by atoms with Crippen molar-refractivity contribution in [2.24, 2.45) is 4.99 Å². The molecule has 0 amide bonds. The van der Waals surface area contributed by atoms with Gasteiger partial charge in [-0.2, -0.15) is 5.26 Å². The van der Waals surface area contributed by atoms with Gasteiger partial charge in [-0.25, -0.2) is 4.99 Å². The summed E-state index contributed by atoms with van der Waals surface area (Å²) in [6.45, 7) is 4.97. The number of hydrogen-bond donors (Lipinski definition) is 0. The van der Waals surface area contributed by atoms with Crippen LogP contribution in [0.5, 0.6) is 0 Å². The van der Waals surface area contributed by atoms with E-state index >= 15 is 0 Å². The molecule has 2 aromatic carbocycles. The number of benzene rings is 2. The molecule has 2 aromatic rings. The minimum Gasteiger partial charge on any atom is -0.366 e. The summed E-state index contributed by atoms with van der Waals surface area (Å²) in [7, 11) is 1.97. The summed E-state index contributed by atoms with van der Waals surface area (Å²) < 4.78 is 0. The number of nitriles is 1. The Morgan fingerprint density at radius 1 is 1.30 bits per heavy atom. The van der Waals surface area contributed by atoms with Gasteiger partial charge in [0, 0.05) is 18.6 Å². The van der Waals surface area contributed by atoms with Crippen molar-refractivity contribution in [2.75, 3.05) is 13.6 Å². The molecule has 0 spiro atoms. The molecule has 23 heavy (non-hydrogen) atoms. The maximum absolute atomic E-state index is 9.45. The van der Waals surface area contributed by atoms with Crippen LogP contribution in [0.2, 0.25) is 5.02 Å². The van der Waals surface area contributed by atoms with Crippen LogP contribution in [0.15, 0.2) is 41.4 Å². The van der Waals surface area contributed by atoms with E-state index in [9.17, 15) is 5.26 Å². The molecule has 0 bridgehead atoms. The molecule has 0 saturated carbocycles. The maximum atomic E-state index is 9.45. The van der Waals surface area contributed by atoms with E-state index in [1.165, 1.54) is 0 Å². The Hall–Kier alpha value is -2.31. The predicted octanol–water partition coefficient (Wildman–Crippen LogP) is 4.72. The molecule has 0 aliphatic rings. The molecule has 0 saturated heterocycles. The van der Waals surface area contributed by atoms with Gasteiger partial charge < -0.3 is 4.90 Å². The van der Waals surface area contributed by atoms with Crippen molar-refractivity contribution >= 4 is 23.6 Å². The average Bonchev–Trinajstić information content (AvgIpc) is 2.53. The van der Waals surface area contributed by atoms with Gasteiger partial charge in [-0.05, 0) is 55.2 Å². The lowest BCUT2D eigenvalue weighted by molar-refractivity contribution is 0.552. The zero-order valence-electron chi connectivity index (χ0n) is 13.7. The van der Waals surface area contributed by atoms with Crippen LogP contribution in [0.3, 0.4) is 0 Å². The van der Waals surface area contributed by atoms with Crippen molar-refractivity contribution in [1.29, 1.82) is 5.26 Å². The first-order valence-electron chi connectivity index (χ1n) is 7.56. The fourth-order valence-corrected chi connectivity index (χ4v) is 2.47. The van der Waals surface area contributed by atoms with Crippen LogP contribution in [0.1, 0.15) is 29.2 Å². The Kier molecular flexibility index (Phi) is 5.78. The second-order valence-corrected chi connectivity index (χ2v) is 5.97. The standard InChI is InChI=1S/C19H20ClN3/c1-4-23(3)13-22-19-11-17(12-21)16(8-14(19)2)9-15-6-5-7-18(20)10-15/h5-8,10-11,13H,4,9H2,1-3H3. The smallest absolute Gasteiger partial charge is 0.0995 e. The van der Waals surface area contributed by atoms with Crippen molar-refractivity contribution < 1.29 is 0 Å². The van der Waals surface area contributed by atoms with Crippen molar-refractivity contribution in [1.82, 2.24) is 4.90 Å². The van der Waals surface area contributed by atoms with Gasteiger partial charge >= 0.3 is 0 Å². The van der Waals surface area contributed by atoms with E-state index in [1.807, 2.05) is 55.3 Å². The van der Waals surface area contributed by atoms with Gasteiger partial charge in [-0.3, -0.25) is 0 Å². The monoisotopic (exact) mass is 325 g/mol. The highest BCUT2D eigenvalue weighted by molar-refractivity contribution is 6.30. The van der Waals surface area contributed by atoms with E-state index in [1.54, 1.807) is 6.34 Å². The van der Waals surface area contributed by atoms with E-state index in [2.05, 4.69) is 18.0 Å². The van der Waals surface area contributed by atoms with Crippen LogP contribution in [0.25, 0.3) is 0 Å². The van der Waals surface area contributed by atoms with Crippen LogP contribution < -0.4 is 0 Å². The second kappa shape index (κ2) is 7.80. The van der Waals surface area contributed by atoms with E-state index in [4.69, 9.17) is 11.6 Å². The number of aryl methyl sites for hydroxylation is 1. The third-order valence-corrected chi connectivity index (χ3v) is 3.95. The molecule has 0 heterocycles. The van der Waals surface area contributed by atoms with Gasteiger partial charge in [0.1, 0.15) is 0 Å². The summed E-state index contributed by atoms with van der Waals surface area (Å²) in [5, 5.41) is 10.2. The lowest BCUT2D eigenvalue weighted by Crippen LogP contribution is -2.14. The van der Waals surface area contributed by atoms with Gasteiger partial charge in [0.25, 0.3) is 0 Å². The highest BCUT2D eigenvalue weighted by Crippen LogP contribution is 2.25. The van der Waals surface area contributed by atoms with Crippen LogP contribution in [-0.2, 0) is 6.42 Å². The number of nitrogens with zero attached hydrogens (tertiary/aromatic N) is 3. The summed E-state index contributed by atoms with van der Waals surface area (Å²) >= 11 is 6.04. The summed E-state index contributed by atoms with van der Waals surface area (Å²) in [5.41, 5.74) is 4.63. The molecule has 0 fully saturated rings. The van der Waals surface area contributed by atoms with Gasteiger partial charge in [0.05, 0.1) is 23.7 Å². The minimum absolute atomic E-state index is 0.655. The Morgan fingerprint density at radius 2 is 2.09 bits per heavy atom. The van der Waals surface area contributed by atoms with E-state index in [-0.39, 0.29) is 0 Å². The van der Waals surface area contributed by atoms with Crippen molar-refractivity contribution in [3.05, 3.63) is 63.7 Å². The second-order valence-electron chi connectivity index (χ2n) is 5.53. The predicted molar refractivity (Wildman–Crippen MR) is 96.6 cm³/mol. The molecule has 3 nitrogen and oxygen atoms in total. The zero-order valence-corrected chi connectivity index (χ0v) is 14.4. The van der Waals surface area contributed by atoms with Gasteiger partial charge in [-0.15, -0.1) is 0 Å². The fourth-order valence-electron chi connectivity index (χ4n) is 2.25. The number of aliphatic imine (C=N–C) groups is 1. The first-order chi connectivity index (χ1) is 11.0. The van der Waals surface area contributed by atoms with Crippen LogP contribution in [-0.4, -0.2) is 24.8 Å². The van der Waals surface area contributed by atoms with Gasteiger partial charge in [-0.1, -0.05) is 29.8 Å². The third-order valence-electron chi connectivity index (χ3n) is 3.72. The summed E-state index contributed by atoms with van der Waals surface area (Å²) in [5.74, 6) is 0. The van der Waals surface area contributed by atoms with E-state index in [0.717, 1.165) is 28.9 Å². The zero-order chi connectivity index (χ0) is 16.8.